The molecular formula is C18H30N2. The van der Waals surface area contributed by atoms with Crippen molar-refractivity contribution in [3.05, 3.63) is 34.9 Å². The van der Waals surface area contributed by atoms with Gasteiger partial charge in [-0.05, 0) is 37.0 Å². The number of nitrogens with zero attached hydrogens (tertiary/aromatic N) is 1. The normalized spacial score (nSPS) is 18.1. The van der Waals surface area contributed by atoms with E-state index in [0.717, 1.165) is 13.1 Å². The number of benzene rings is 1. The lowest BCUT2D eigenvalue weighted by molar-refractivity contribution is 0.162. The molecule has 0 aromatic heterocycles. The van der Waals surface area contributed by atoms with Crippen molar-refractivity contribution in [2.45, 2.75) is 52.5 Å². The van der Waals surface area contributed by atoms with Gasteiger partial charge in [-0.2, -0.15) is 0 Å². The fourth-order valence-corrected chi connectivity index (χ4v) is 3.44. The molecule has 0 radical (unpaired) electrons. The van der Waals surface area contributed by atoms with E-state index in [4.69, 9.17) is 0 Å². The zero-order valence-corrected chi connectivity index (χ0v) is 13.4. The van der Waals surface area contributed by atoms with Crippen molar-refractivity contribution < 1.29 is 0 Å². The molecule has 1 saturated heterocycles. The van der Waals surface area contributed by atoms with Gasteiger partial charge in [-0.1, -0.05) is 44.4 Å². The predicted octanol–water partition coefficient (Wildman–Crippen LogP) is 3.83. The van der Waals surface area contributed by atoms with Crippen molar-refractivity contribution in [1.82, 2.24) is 10.2 Å². The Labute approximate surface area is 124 Å². The van der Waals surface area contributed by atoms with Gasteiger partial charge in [-0.15, -0.1) is 0 Å². The zero-order chi connectivity index (χ0) is 14.4. The fourth-order valence-electron chi connectivity index (χ4n) is 3.44. The van der Waals surface area contributed by atoms with Crippen LogP contribution in [-0.4, -0.2) is 31.1 Å². The summed E-state index contributed by atoms with van der Waals surface area (Å²) in [6.07, 6.45) is 5.31. The van der Waals surface area contributed by atoms with Gasteiger partial charge in [-0.3, -0.25) is 4.90 Å². The SMILES string of the molecule is CCCCC[C@H](c1c(C)cccc1C)N1CCNCC1. The Kier molecular flexibility index (Phi) is 6.06. The van der Waals surface area contributed by atoms with Gasteiger partial charge in [0.15, 0.2) is 0 Å². The minimum absolute atomic E-state index is 0.616. The summed E-state index contributed by atoms with van der Waals surface area (Å²) in [6.45, 7) is 11.5. The quantitative estimate of drug-likeness (QED) is 0.793. The molecule has 112 valence electrons. The van der Waals surface area contributed by atoms with Crippen molar-refractivity contribution in [3.63, 3.8) is 0 Å². The van der Waals surface area contributed by atoms with Crippen LogP contribution in [0, 0.1) is 13.8 Å². The van der Waals surface area contributed by atoms with Crippen molar-refractivity contribution in [1.29, 1.82) is 0 Å². The average molecular weight is 274 g/mol. The lowest BCUT2D eigenvalue weighted by atomic mass is 9.91. The van der Waals surface area contributed by atoms with Crippen LogP contribution in [0.2, 0.25) is 0 Å². The summed E-state index contributed by atoms with van der Waals surface area (Å²) >= 11 is 0. The van der Waals surface area contributed by atoms with Gasteiger partial charge in [-0.25, -0.2) is 0 Å². The van der Waals surface area contributed by atoms with Crippen molar-refractivity contribution in [2.75, 3.05) is 26.2 Å². The Morgan fingerprint density at radius 1 is 1.10 bits per heavy atom. The van der Waals surface area contributed by atoms with E-state index < -0.39 is 0 Å². The first-order chi connectivity index (χ1) is 9.74. The molecular weight excluding hydrogens is 244 g/mol. The van der Waals surface area contributed by atoms with E-state index in [0.29, 0.717) is 6.04 Å². The van der Waals surface area contributed by atoms with Crippen LogP contribution < -0.4 is 5.32 Å². The number of piperazine rings is 1. The molecule has 2 nitrogen and oxygen atoms in total. The van der Waals surface area contributed by atoms with Crippen LogP contribution >= 0.6 is 0 Å². The number of hydrogen-bond acceptors (Lipinski definition) is 2. The Balaban J connectivity index is 2.20. The molecule has 1 atom stereocenters. The van der Waals surface area contributed by atoms with E-state index in [1.807, 2.05) is 0 Å². The van der Waals surface area contributed by atoms with Crippen LogP contribution in [0.3, 0.4) is 0 Å². The van der Waals surface area contributed by atoms with Crippen molar-refractivity contribution in [3.8, 4) is 0 Å². The Morgan fingerprint density at radius 2 is 1.75 bits per heavy atom. The highest BCUT2D eigenvalue weighted by Gasteiger charge is 2.24. The summed E-state index contributed by atoms with van der Waals surface area (Å²) in [7, 11) is 0. The summed E-state index contributed by atoms with van der Waals surface area (Å²) in [6, 6.07) is 7.36. The minimum atomic E-state index is 0.616. The number of rotatable bonds is 6. The second kappa shape index (κ2) is 7.80. The monoisotopic (exact) mass is 274 g/mol. The molecule has 1 aliphatic rings. The van der Waals surface area contributed by atoms with Gasteiger partial charge in [0.25, 0.3) is 0 Å². The van der Waals surface area contributed by atoms with E-state index in [1.165, 1.54) is 49.9 Å². The average Bonchev–Trinajstić information content (AvgIpc) is 2.46. The van der Waals surface area contributed by atoms with Gasteiger partial charge in [0.05, 0.1) is 0 Å². The topological polar surface area (TPSA) is 15.3 Å². The zero-order valence-electron chi connectivity index (χ0n) is 13.4. The molecule has 2 heteroatoms. The summed E-state index contributed by atoms with van der Waals surface area (Å²) in [5, 5.41) is 3.48. The smallest absolute Gasteiger partial charge is 0.0354 e. The molecule has 0 bridgehead atoms. The molecule has 0 amide bonds. The van der Waals surface area contributed by atoms with Crippen LogP contribution in [0.15, 0.2) is 18.2 Å². The predicted molar refractivity (Wildman–Crippen MR) is 87.2 cm³/mol. The highest BCUT2D eigenvalue weighted by atomic mass is 15.2. The molecule has 0 aliphatic carbocycles. The lowest BCUT2D eigenvalue weighted by Crippen LogP contribution is -2.45. The lowest BCUT2D eigenvalue weighted by Gasteiger charge is -2.37. The molecule has 1 aromatic carbocycles. The van der Waals surface area contributed by atoms with Gasteiger partial charge in [0.1, 0.15) is 0 Å². The first-order valence-corrected chi connectivity index (χ1v) is 8.25. The van der Waals surface area contributed by atoms with Crippen LogP contribution in [-0.2, 0) is 0 Å². The maximum Gasteiger partial charge on any atom is 0.0354 e. The van der Waals surface area contributed by atoms with Crippen LogP contribution in [0.5, 0.6) is 0 Å². The van der Waals surface area contributed by atoms with Gasteiger partial charge >= 0.3 is 0 Å². The maximum absolute atomic E-state index is 3.48. The van der Waals surface area contributed by atoms with Gasteiger partial charge < -0.3 is 5.32 Å². The third-order valence-electron chi connectivity index (χ3n) is 4.55. The number of nitrogens with one attached hydrogen (secondary N) is 1. The molecule has 0 unspecified atom stereocenters. The maximum atomic E-state index is 3.48. The molecule has 1 aliphatic heterocycles. The largest absolute Gasteiger partial charge is 0.314 e. The molecule has 0 saturated carbocycles. The fraction of sp³-hybridized carbons (Fsp3) is 0.667. The van der Waals surface area contributed by atoms with E-state index in [-0.39, 0.29) is 0 Å². The van der Waals surface area contributed by atoms with Crippen LogP contribution in [0.4, 0.5) is 0 Å². The molecule has 0 spiro atoms. The van der Waals surface area contributed by atoms with E-state index >= 15 is 0 Å². The van der Waals surface area contributed by atoms with E-state index in [2.05, 4.69) is 49.2 Å². The summed E-state index contributed by atoms with van der Waals surface area (Å²) in [5.41, 5.74) is 4.51. The Bertz CT molecular complexity index is 388. The number of unbranched alkanes of at least 4 members (excludes halogenated alkanes) is 2. The second-order valence-electron chi connectivity index (χ2n) is 6.10. The third-order valence-corrected chi connectivity index (χ3v) is 4.55. The molecule has 1 aromatic rings. The first kappa shape index (κ1) is 15.5. The van der Waals surface area contributed by atoms with Crippen LogP contribution in [0.25, 0.3) is 0 Å². The number of hydrogen-bond donors (Lipinski definition) is 1. The standard InChI is InChI=1S/C18H30N2/c1-4-5-6-10-17(20-13-11-19-12-14-20)18-15(2)8-7-9-16(18)3/h7-9,17,19H,4-6,10-14H2,1-3H3/t17-/m1/s1. The van der Waals surface area contributed by atoms with Crippen molar-refractivity contribution in [2.24, 2.45) is 0 Å². The van der Waals surface area contributed by atoms with E-state index in [1.54, 1.807) is 5.56 Å². The molecule has 2 rings (SSSR count). The Morgan fingerprint density at radius 3 is 2.35 bits per heavy atom. The molecule has 1 N–H and O–H groups in total. The highest BCUT2D eigenvalue weighted by Crippen LogP contribution is 2.31. The second-order valence-corrected chi connectivity index (χ2v) is 6.10. The van der Waals surface area contributed by atoms with Gasteiger partial charge in [0, 0.05) is 32.2 Å². The summed E-state index contributed by atoms with van der Waals surface area (Å²) in [5.74, 6) is 0. The van der Waals surface area contributed by atoms with Gasteiger partial charge in [0.2, 0.25) is 0 Å². The van der Waals surface area contributed by atoms with Crippen molar-refractivity contribution >= 4 is 0 Å². The Hall–Kier alpha value is -0.860. The highest BCUT2D eigenvalue weighted by molar-refractivity contribution is 5.36. The van der Waals surface area contributed by atoms with Crippen LogP contribution in [0.1, 0.15) is 55.3 Å². The summed E-state index contributed by atoms with van der Waals surface area (Å²) < 4.78 is 0. The van der Waals surface area contributed by atoms with E-state index in [9.17, 15) is 0 Å². The molecule has 1 heterocycles. The molecule has 1 fully saturated rings. The number of aryl methyl sites for hydroxylation is 2. The molecule has 20 heavy (non-hydrogen) atoms. The first-order valence-electron chi connectivity index (χ1n) is 8.25. The third kappa shape index (κ3) is 3.83. The minimum Gasteiger partial charge on any atom is -0.314 e. The summed E-state index contributed by atoms with van der Waals surface area (Å²) in [4.78, 5) is 2.70.